The molecule has 3 nitrogen and oxygen atoms in total. The van der Waals surface area contributed by atoms with E-state index in [2.05, 4.69) is 13.0 Å². The molecule has 1 rings (SSSR count). The molecule has 1 aromatic rings. The average Bonchev–Trinajstić information content (AvgIpc) is 2.29. The first-order valence-corrected chi connectivity index (χ1v) is 5.77. The molecule has 0 spiro atoms. The van der Waals surface area contributed by atoms with E-state index in [4.69, 9.17) is 10.5 Å². The van der Waals surface area contributed by atoms with Gasteiger partial charge >= 0.3 is 0 Å². The van der Waals surface area contributed by atoms with E-state index in [0.29, 0.717) is 19.6 Å². The second-order valence-electron chi connectivity index (χ2n) is 3.97. The number of rotatable bonds is 6. The average molecular weight is 223 g/mol. The van der Waals surface area contributed by atoms with Crippen LogP contribution in [0.3, 0.4) is 0 Å². The SMILES string of the molecule is CCOc1ccc(C)cc1CCC(O)CN. The number of hydrogen-bond donors (Lipinski definition) is 2. The molecule has 0 fully saturated rings. The van der Waals surface area contributed by atoms with Gasteiger partial charge in [0.05, 0.1) is 12.7 Å². The van der Waals surface area contributed by atoms with Crippen LogP contribution in [0, 0.1) is 6.92 Å². The third-order valence-electron chi connectivity index (χ3n) is 2.53. The van der Waals surface area contributed by atoms with Gasteiger partial charge in [-0.1, -0.05) is 17.7 Å². The van der Waals surface area contributed by atoms with Gasteiger partial charge in [-0.2, -0.15) is 0 Å². The number of nitrogens with two attached hydrogens (primary N) is 1. The molecule has 0 radical (unpaired) electrons. The standard InChI is InChI=1S/C13H21NO2/c1-3-16-13-7-4-10(2)8-11(13)5-6-12(15)9-14/h4,7-8,12,15H,3,5-6,9,14H2,1-2H3. The molecule has 1 atom stereocenters. The van der Waals surface area contributed by atoms with Gasteiger partial charge in [-0.25, -0.2) is 0 Å². The fourth-order valence-corrected chi connectivity index (χ4v) is 1.64. The van der Waals surface area contributed by atoms with Crippen LogP contribution in [0.2, 0.25) is 0 Å². The molecule has 16 heavy (non-hydrogen) atoms. The second kappa shape index (κ2) is 6.51. The molecule has 0 aliphatic carbocycles. The molecule has 3 heteroatoms. The van der Waals surface area contributed by atoms with Crippen molar-refractivity contribution < 1.29 is 9.84 Å². The van der Waals surface area contributed by atoms with E-state index >= 15 is 0 Å². The van der Waals surface area contributed by atoms with Crippen molar-refractivity contribution in [2.45, 2.75) is 32.8 Å². The Kier molecular flexibility index (Phi) is 5.29. The molecule has 0 bridgehead atoms. The largest absolute Gasteiger partial charge is 0.494 e. The number of ether oxygens (including phenoxy) is 1. The summed E-state index contributed by atoms with van der Waals surface area (Å²) < 4.78 is 5.55. The van der Waals surface area contributed by atoms with Crippen LogP contribution in [0.5, 0.6) is 5.75 Å². The minimum atomic E-state index is -0.421. The summed E-state index contributed by atoms with van der Waals surface area (Å²) in [6.07, 6.45) is 1.06. The van der Waals surface area contributed by atoms with E-state index < -0.39 is 6.10 Å². The van der Waals surface area contributed by atoms with Crippen molar-refractivity contribution in [3.05, 3.63) is 29.3 Å². The van der Waals surface area contributed by atoms with Gasteiger partial charge < -0.3 is 15.6 Å². The van der Waals surface area contributed by atoms with Crippen LogP contribution in [-0.4, -0.2) is 24.4 Å². The molecule has 0 aliphatic heterocycles. The normalized spacial score (nSPS) is 12.5. The molecule has 90 valence electrons. The Morgan fingerprint density at radius 1 is 1.44 bits per heavy atom. The summed E-state index contributed by atoms with van der Waals surface area (Å²) in [5, 5.41) is 9.44. The lowest BCUT2D eigenvalue weighted by atomic mass is 10.0. The van der Waals surface area contributed by atoms with Gasteiger partial charge in [-0.15, -0.1) is 0 Å². The van der Waals surface area contributed by atoms with Gasteiger partial charge in [0, 0.05) is 6.54 Å². The second-order valence-corrected chi connectivity index (χ2v) is 3.97. The fraction of sp³-hybridized carbons (Fsp3) is 0.538. The maximum Gasteiger partial charge on any atom is 0.122 e. The third-order valence-corrected chi connectivity index (χ3v) is 2.53. The maximum atomic E-state index is 9.44. The molecular formula is C13H21NO2. The lowest BCUT2D eigenvalue weighted by molar-refractivity contribution is 0.172. The number of hydrogen-bond acceptors (Lipinski definition) is 3. The highest BCUT2D eigenvalue weighted by molar-refractivity contribution is 5.37. The lowest BCUT2D eigenvalue weighted by Crippen LogP contribution is -2.20. The molecule has 0 aliphatic rings. The van der Waals surface area contributed by atoms with E-state index in [-0.39, 0.29) is 0 Å². The Morgan fingerprint density at radius 3 is 2.81 bits per heavy atom. The highest BCUT2D eigenvalue weighted by atomic mass is 16.5. The molecule has 0 aromatic heterocycles. The maximum absolute atomic E-state index is 9.44. The van der Waals surface area contributed by atoms with Crippen LogP contribution in [0.25, 0.3) is 0 Å². The van der Waals surface area contributed by atoms with E-state index in [0.717, 1.165) is 17.7 Å². The first kappa shape index (κ1) is 13.0. The van der Waals surface area contributed by atoms with Crippen molar-refractivity contribution in [1.82, 2.24) is 0 Å². The van der Waals surface area contributed by atoms with Gasteiger partial charge in [0.15, 0.2) is 0 Å². The van der Waals surface area contributed by atoms with Crippen molar-refractivity contribution in [2.75, 3.05) is 13.2 Å². The predicted molar refractivity (Wildman–Crippen MR) is 65.7 cm³/mol. The van der Waals surface area contributed by atoms with Crippen molar-refractivity contribution in [1.29, 1.82) is 0 Å². The predicted octanol–water partition coefficient (Wildman–Crippen LogP) is 1.65. The van der Waals surface area contributed by atoms with Crippen LogP contribution in [0.1, 0.15) is 24.5 Å². The zero-order chi connectivity index (χ0) is 12.0. The van der Waals surface area contributed by atoms with Crippen LogP contribution in [-0.2, 0) is 6.42 Å². The highest BCUT2D eigenvalue weighted by Gasteiger charge is 2.07. The van der Waals surface area contributed by atoms with Crippen LogP contribution in [0.15, 0.2) is 18.2 Å². The molecule has 0 heterocycles. The van der Waals surface area contributed by atoms with Crippen LogP contribution >= 0.6 is 0 Å². The lowest BCUT2D eigenvalue weighted by Gasteiger charge is -2.12. The van der Waals surface area contributed by atoms with Gasteiger partial charge in [0.25, 0.3) is 0 Å². The first-order chi connectivity index (χ1) is 7.67. The number of aliphatic hydroxyl groups is 1. The van der Waals surface area contributed by atoms with Gasteiger partial charge in [-0.05, 0) is 38.3 Å². The minimum Gasteiger partial charge on any atom is -0.494 e. The summed E-state index contributed by atoms with van der Waals surface area (Å²) >= 11 is 0. The molecular weight excluding hydrogens is 202 g/mol. The molecule has 3 N–H and O–H groups in total. The zero-order valence-corrected chi connectivity index (χ0v) is 10.1. The number of benzene rings is 1. The van der Waals surface area contributed by atoms with Crippen molar-refractivity contribution in [3.63, 3.8) is 0 Å². The van der Waals surface area contributed by atoms with Crippen LogP contribution < -0.4 is 10.5 Å². The van der Waals surface area contributed by atoms with E-state index in [1.54, 1.807) is 0 Å². The summed E-state index contributed by atoms with van der Waals surface area (Å²) in [5.74, 6) is 0.914. The topological polar surface area (TPSA) is 55.5 Å². The quantitative estimate of drug-likeness (QED) is 0.771. The van der Waals surface area contributed by atoms with E-state index in [1.165, 1.54) is 5.56 Å². The summed E-state index contributed by atoms with van der Waals surface area (Å²) in [7, 11) is 0. The zero-order valence-electron chi connectivity index (χ0n) is 10.1. The molecule has 0 saturated heterocycles. The van der Waals surface area contributed by atoms with Crippen LogP contribution in [0.4, 0.5) is 0 Å². The number of aryl methyl sites for hydroxylation is 2. The summed E-state index contributed by atoms with van der Waals surface area (Å²) in [4.78, 5) is 0. The summed E-state index contributed by atoms with van der Waals surface area (Å²) in [5.41, 5.74) is 7.74. The molecule has 1 aromatic carbocycles. The molecule has 1 unspecified atom stereocenters. The third kappa shape index (κ3) is 3.83. The molecule has 0 amide bonds. The Bertz CT molecular complexity index is 326. The first-order valence-electron chi connectivity index (χ1n) is 5.77. The van der Waals surface area contributed by atoms with Crippen molar-refractivity contribution >= 4 is 0 Å². The van der Waals surface area contributed by atoms with Gasteiger partial charge in [0.1, 0.15) is 5.75 Å². The smallest absolute Gasteiger partial charge is 0.122 e. The van der Waals surface area contributed by atoms with Gasteiger partial charge in [0.2, 0.25) is 0 Å². The highest BCUT2D eigenvalue weighted by Crippen LogP contribution is 2.22. The minimum absolute atomic E-state index is 0.315. The van der Waals surface area contributed by atoms with E-state index in [9.17, 15) is 5.11 Å². The van der Waals surface area contributed by atoms with Crippen molar-refractivity contribution in [2.24, 2.45) is 5.73 Å². The Labute approximate surface area is 97.2 Å². The Balaban J connectivity index is 2.71. The fourth-order valence-electron chi connectivity index (χ4n) is 1.64. The van der Waals surface area contributed by atoms with E-state index in [1.807, 2.05) is 19.1 Å². The Hall–Kier alpha value is -1.06. The number of aliphatic hydroxyl groups excluding tert-OH is 1. The van der Waals surface area contributed by atoms with Gasteiger partial charge in [-0.3, -0.25) is 0 Å². The Morgan fingerprint density at radius 2 is 2.19 bits per heavy atom. The van der Waals surface area contributed by atoms with Crippen molar-refractivity contribution in [3.8, 4) is 5.75 Å². The summed E-state index contributed by atoms with van der Waals surface area (Å²) in [6, 6.07) is 6.13. The molecule has 0 saturated carbocycles. The monoisotopic (exact) mass is 223 g/mol. The summed E-state index contributed by atoms with van der Waals surface area (Å²) in [6.45, 7) is 5.00.